The predicted octanol–water partition coefficient (Wildman–Crippen LogP) is 2.02. The molecule has 132 valence electrons. The molecule has 2 aliphatic heterocycles. The van der Waals surface area contributed by atoms with Gasteiger partial charge in [0.25, 0.3) is 0 Å². The number of esters is 1. The highest BCUT2D eigenvalue weighted by atomic mass is 16.5. The van der Waals surface area contributed by atoms with Crippen molar-refractivity contribution in [2.75, 3.05) is 26.8 Å². The van der Waals surface area contributed by atoms with E-state index in [-0.39, 0.29) is 5.97 Å². The molecule has 2 saturated heterocycles. The van der Waals surface area contributed by atoms with Crippen molar-refractivity contribution in [2.24, 2.45) is 5.92 Å². The molecule has 1 aromatic rings. The Morgan fingerprint density at radius 3 is 2.71 bits per heavy atom. The van der Waals surface area contributed by atoms with E-state index in [9.17, 15) is 4.79 Å². The Hall–Kier alpha value is -1.55. The fraction of sp³-hybridized carbons (Fsp3) is 0.650. The Morgan fingerprint density at radius 1 is 1.12 bits per heavy atom. The van der Waals surface area contributed by atoms with Crippen molar-refractivity contribution in [3.8, 4) is 5.75 Å². The Labute approximate surface area is 145 Å². The van der Waals surface area contributed by atoms with E-state index in [1.165, 1.54) is 45.2 Å². The maximum Gasteiger partial charge on any atom is 0.306 e. The summed E-state index contributed by atoms with van der Waals surface area (Å²) in [5.74, 6) is 1.35. The third kappa shape index (κ3) is 4.50. The molecule has 2 fully saturated rings. The van der Waals surface area contributed by atoms with Crippen molar-refractivity contribution in [1.29, 1.82) is 0 Å². The first kappa shape index (κ1) is 17.3. The summed E-state index contributed by atoms with van der Waals surface area (Å²) in [5, 5.41) is 0. The quantitative estimate of drug-likeness (QED) is 0.810. The molecule has 1 N–H and O–H groups in total. The molecule has 4 heteroatoms. The van der Waals surface area contributed by atoms with Gasteiger partial charge in [0.15, 0.2) is 0 Å². The van der Waals surface area contributed by atoms with Gasteiger partial charge >= 0.3 is 5.97 Å². The van der Waals surface area contributed by atoms with Gasteiger partial charge in [-0.3, -0.25) is 4.79 Å². The molecule has 1 aromatic carbocycles. The van der Waals surface area contributed by atoms with E-state index in [1.807, 2.05) is 24.3 Å². The van der Waals surface area contributed by atoms with Gasteiger partial charge in [-0.25, -0.2) is 0 Å². The van der Waals surface area contributed by atoms with Gasteiger partial charge in [0.2, 0.25) is 0 Å². The standard InChI is InChI=1S/C20H29NO3/c1-23-18-10-7-16(8-11-18)9-12-20(22)24-15-17-5-4-14-21-13-3-2-6-19(17)21/h7-8,10-11,17,19H,2-6,9,12-15H2,1H3/p+1/t17-,19-/m1/s1. The average molecular weight is 332 g/mol. The zero-order valence-corrected chi connectivity index (χ0v) is 14.8. The second-order valence-electron chi connectivity index (χ2n) is 7.19. The van der Waals surface area contributed by atoms with Gasteiger partial charge in [0.05, 0.1) is 32.8 Å². The number of aryl methyl sites for hydroxylation is 1. The van der Waals surface area contributed by atoms with E-state index >= 15 is 0 Å². The summed E-state index contributed by atoms with van der Waals surface area (Å²) in [6, 6.07) is 8.61. The van der Waals surface area contributed by atoms with Crippen LogP contribution in [0.1, 0.15) is 44.1 Å². The van der Waals surface area contributed by atoms with Crippen LogP contribution >= 0.6 is 0 Å². The highest BCUT2D eigenvalue weighted by Crippen LogP contribution is 2.21. The number of nitrogens with one attached hydrogen (secondary N) is 1. The number of ether oxygens (including phenoxy) is 2. The van der Waals surface area contributed by atoms with Crippen molar-refractivity contribution >= 4 is 5.97 Å². The summed E-state index contributed by atoms with van der Waals surface area (Å²) < 4.78 is 10.8. The van der Waals surface area contributed by atoms with Gasteiger partial charge in [0, 0.05) is 12.3 Å². The number of benzene rings is 1. The second-order valence-corrected chi connectivity index (χ2v) is 7.19. The molecule has 4 nitrogen and oxygen atoms in total. The van der Waals surface area contributed by atoms with Crippen LogP contribution in [0.5, 0.6) is 5.75 Å². The minimum Gasteiger partial charge on any atom is -0.497 e. The maximum absolute atomic E-state index is 12.1. The Kier molecular flexibility index (Phi) is 6.13. The maximum atomic E-state index is 12.1. The molecule has 3 rings (SSSR count). The van der Waals surface area contributed by atoms with E-state index < -0.39 is 0 Å². The minimum absolute atomic E-state index is 0.0613. The summed E-state index contributed by atoms with van der Waals surface area (Å²) in [5.41, 5.74) is 1.15. The molecule has 0 radical (unpaired) electrons. The number of piperidine rings is 2. The van der Waals surface area contributed by atoms with E-state index in [0.717, 1.165) is 23.8 Å². The molecule has 0 aromatic heterocycles. The number of quaternary nitrogens is 1. The lowest BCUT2D eigenvalue weighted by Crippen LogP contribution is -3.18. The lowest BCUT2D eigenvalue weighted by molar-refractivity contribution is -0.940. The first-order valence-corrected chi connectivity index (χ1v) is 9.39. The zero-order chi connectivity index (χ0) is 16.8. The van der Waals surface area contributed by atoms with Crippen LogP contribution in [0, 0.1) is 5.92 Å². The highest BCUT2D eigenvalue weighted by Gasteiger charge is 2.37. The molecule has 0 bridgehead atoms. The number of fused-ring (bicyclic) bond motifs is 1. The number of rotatable bonds is 6. The summed E-state index contributed by atoms with van der Waals surface area (Å²) >= 11 is 0. The summed E-state index contributed by atoms with van der Waals surface area (Å²) in [4.78, 5) is 13.8. The minimum atomic E-state index is -0.0613. The van der Waals surface area contributed by atoms with Crippen LogP contribution in [-0.2, 0) is 16.0 Å². The van der Waals surface area contributed by atoms with Gasteiger partial charge in [-0.1, -0.05) is 12.1 Å². The lowest BCUT2D eigenvalue weighted by Gasteiger charge is -2.41. The van der Waals surface area contributed by atoms with Crippen molar-refractivity contribution in [1.82, 2.24) is 0 Å². The molecular formula is C20H30NO3+. The van der Waals surface area contributed by atoms with Crippen molar-refractivity contribution < 1.29 is 19.2 Å². The fourth-order valence-electron chi connectivity index (χ4n) is 4.29. The number of hydrogen-bond donors (Lipinski definition) is 1. The number of hydrogen-bond acceptors (Lipinski definition) is 3. The van der Waals surface area contributed by atoms with Crippen molar-refractivity contribution in [2.45, 2.75) is 51.0 Å². The molecule has 2 heterocycles. The van der Waals surface area contributed by atoms with Crippen LogP contribution in [0.4, 0.5) is 0 Å². The van der Waals surface area contributed by atoms with Crippen LogP contribution in [0.25, 0.3) is 0 Å². The van der Waals surface area contributed by atoms with Crippen LogP contribution < -0.4 is 9.64 Å². The van der Waals surface area contributed by atoms with Gasteiger partial charge < -0.3 is 14.4 Å². The van der Waals surface area contributed by atoms with Crippen LogP contribution in [0.3, 0.4) is 0 Å². The summed E-state index contributed by atoms with van der Waals surface area (Å²) in [6.45, 7) is 3.24. The van der Waals surface area contributed by atoms with E-state index in [4.69, 9.17) is 9.47 Å². The molecule has 1 unspecified atom stereocenters. The van der Waals surface area contributed by atoms with Gasteiger partial charge in [-0.05, 0) is 56.2 Å². The first-order valence-electron chi connectivity index (χ1n) is 9.39. The molecular weight excluding hydrogens is 302 g/mol. The first-order chi connectivity index (χ1) is 11.8. The zero-order valence-electron chi connectivity index (χ0n) is 14.8. The predicted molar refractivity (Wildman–Crippen MR) is 93.3 cm³/mol. The van der Waals surface area contributed by atoms with Gasteiger partial charge in [-0.2, -0.15) is 0 Å². The number of carbonyl (C=O) groups is 1. The second kappa shape index (κ2) is 8.52. The van der Waals surface area contributed by atoms with Gasteiger partial charge in [-0.15, -0.1) is 0 Å². The van der Waals surface area contributed by atoms with E-state index in [0.29, 0.717) is 18.9 Å². The molecule has 2 aliphatic rings. The van der Waals surface area contributed by atoms with Crippen molar-refractivity contribution in [3.63, 3.8) is 0 Å². The molecule has 0 spiro atoms. The topological polar surface area (TPSA) is 40.0 Å². The highest BCUT2D eigenvalue weighted by molar-refractivity contribution is 5.69. The van der Waals surface area contributed by atoms with E-state index in [2.05, 4.69) is 0 Å². The van der Waals surface area contributed by atoms with Crippen molar-refractivity contribution in [3.05, 3.63) is 29.8 Å². The lowest BCUT2D eigenvalue weighted by atomic mass is 9.84. The van der Waals surface area contributed by atoms with Crippen LogP contribution in [0.15, 0.2) is 24.3 Å². The Bertz CT molecular complexity index is 526. The monoisotopic (exact) mass is 332 g/mol. The molecule has 0 amide bonds. The Balaban J connectivity index is 1.41. The third-order valence-corrected chi connectivity index (χ3v) is 5.66. The number of carbonyl (C=O) groups excluding carboxylic acids is 1. The third-order valence-electron chi connectivity index (χ3n) is 5.66. The molecule has 24 heavy (non-hydrogen) atoms. The fourth-order valence-corrected chi connectivity index (χ4v) is 4.29. The normalized spacial score (nSPS) is 26.5. The van der Waals surface area contributed by atoms with Crippen LogP contribution in [0.2, 0.25) is 0 Å². The molecule has 3 atom stereocenters. The van der Waals surface area contributed by atoms with Gasteiger partial charge in [0.1, 0.15) is 5.75 Å². The Morgan fingerprint density at radius 2 is 1.92 bits per heavy atom. The largest absolute Gasteiger partial charge is 0.497 e. The summed E-state index contributed by atoms with van der Waals surface area (Å²) in [6.07, 6.45) is 7.70. The smallest absolute Gasteiger partial charge is 0.306 e. The SMILES string of the molecule is COc1ccc(CCC(=O)OC[C@H]2CCC[NH+]3CCCC[C@H]23)cc1. The molecule has 0 aliphatic carbocycles. The van der Waals surface area contributed by atoms with E-state index in [1.54, 1.807) is 12.0 Å². The average Bonchev–Trinajstić information content (AvgIpc) is 2.65. The summed E-state index contributed by atoms with van der Waals surface area (Å²) in [7, 11) is 1.66. The number of methoxy groups -OCH3 is 1. The molecule has 0 saturated carbocycles. The van der Waals surface area contributed by atoms with Crippen LogP contribution in [-0.4, -0.2) is 38.8 Å².